The van der Waals surface area contributed by atoms with Gasteiger partial charge < -0.3 is 0 Å². The molecular weight excluding hydrogens is 103 g/mol. The van der Waals surface area contributed by atoms with Gasteiger partial charge in [-0.1, -0.05) is 6.07 Å². The minimum Gasteiger partial charge on any atom is -0.160 e. The summed E-state index contributed by atoms with van der Waals surface area (Å²) in [6.45, 7) is 2.03. The van der Waals surface area contributed by atoms with Gasteiger partial charge in [0.05, 0.1) is 0 Å². The molecule has 0 aliphatic carbocycles. The molecule has 0 aliphatic rings. The van der Waals surface area contributed by atoms with E-state index in [1.165, 1.54) is 5.56 Å². The first-order valence-electron chi connectivity index (χ1n) is 2.09. The highest BCUT2D eigenvalue weighted by Crippen LogP contribution is 1.98. The summed E-state index contributed by atoms with van der Waals surface area (Å²) in [6, 6.07) is 1.96. The molecule has 0 N–H and O–H groups in total. The van der Waals surface area contributed by atoms with Gasteiger partial charge in [0.15, 0.2) is 0 Å². The van der Waals surface area contributed by atoms with Crippen LogP contribution in [-0.2, 0) is 0 Å². The maximum absolute atomic E-state index is 5.40. The fourth-order valence-electron chi connectivity index (χ4n) is 0.453. The van der Waals surface area contributed by atoms with Crippen molar-refractivity contribution in [3.05, 3.63) is 17.0 Å². The smallest absolute Gasteiger partial charge is 0.128 e. The van der Waals surface area contributed by atoms with Gasteiger partial charge in [-0.2, -0.15) is 11.3 Å². The van der Waals surface area contributed by atoms with Crippen LogP contribution in [0.1, 0.15) is 5.56 Å². The Kier molecular flexibility index (Phi) is 1.20. The zero-order valence-electron chi connectivity index (χ0n) is 4.14. The fourth-order valence-corrected chi connectivity index (χ4v) is 1.10. The second-order valence-corrected chi connectivity index (χ2v) is 2.47. The molecule has 0 unspecified atom stereocenters. The average molecular weight is 108 g/mol. The van der Waals surface area contributed by atoms with Crippen molar-refractivity contribution in [1.29, 1.82) is 0 Å². The Labute approximate surface area is 48.6 Å². The first-order valence-corrected chi connectivity index (χ1v) is 2.97. The van der Waals surface area contributed by atoms with Crippen molar-refractivity contribution in [3.8, 4) is 0 Å². The minimum atomic E-state index is 0.900. The van der Waals surface area contributed by atoms with Gasteiger partial charge in [-0.05, 0) is 22.6 Å². The van der Waals surface area contributed by atoms with Crippen molar-refractivity contribution >= 4 is 24.0 Å². The molecule has 1 aromatic rings. The Hall–Kier alpha value is -0.235. The molecule has 0 nitrogen and oxygen atoms in total. The van der Waals surface area contributed by atoms with E-state index >= 15 is 0 Å². The predicted octanol–water partition coefficient (Wildman–Crippen LogP) is 0.850. The van der Waals surface area contributed by atoms with Gasteiger partial charge >= 0.3 is 0 Å². The van der Waals surface area contributed by atoms with E-state index in [1.54, 1.807) is 11.3 Å². The number of thiophene rings is 1. The summed E-state index contributed by atoms with van der Waals surface area (Å²) in [5.41, 5.74) is 1.25. The van der Waals surface area contributed by atoms with Crippen LogP contribution in [0.2, 0.25) is 0 Å². The quantitative estimate of drug-likeness (QED) is 0.432. The predicted molar refractivity (Wildman–Crippen MR) is 34.4 cm³/mol. The highest BCUT2D eigenvalue weighted by atomic mass is 32.1. The monoisotopic (exact) mass is 108 g/mol. The van der Waals surface area contributed by atoms with Crippen LogP contribution >= 0.6 is 11.3 Å². The molecule has 0 amide bonds. The van der Waals surface area contributed by atoms with E-state index in [0.717, 1.165) is 4.78 Å². The molecule has 0 aliphatic heterocycles. The Balaban J connectivity index is 3.04. The van der Waals surface area contributed by atoms with Crippen molar-refractivity contribution in [1.82, 2.24) is 0 Å². The second-order valence-electron chi connectivity index (χ2n) is 1.53. The number of rotatable bonds is 0. The average Bonchev–Trinajstić information content (AvgIpc) is 1.87. The largest absolute Gasteiger partial charge is 0.160 e. The van der Waals surface area contributed by atoms with Gasteiger partial charge in [0, 0.05) is 0 Å². The van der Waals surface area contributed by atoms with Crippen LogP contribution in [0.5, 0.6) is 0 Å². The molecule has 0 atom stereocenters. The molecule has 34 valence electrons. The van der Waals surface area contributed by atoms with Gasteiger partial charge in [0.2, 0.25) is 0 Å². The third-order valence-electron chi connectivity index (χ3n) is 0.751. The van der Waals surface area contributed by atoms with Gasteiger partial charge in [-0.15, -0.1) is 0 Å². The highest BCUT2D eigenvalue weighted by Gasteiger charge is 1.84. The maximum atomic E-state index is 5.40. The molecule has 0 fully saturated rings. The lowest BCUT2D eigenvalue weighted by Gasteiger charge is -1.70. The molecule has 2 heteroatoms. The summed E-state index contributed by atoms with van der Waals surface area (Å²) >= 11 is 1.58. The second kappa shape index (κ2) is 1.70. The van der Waals surface area contributed by atoms with Gasteiger partial charge in [-0.25, -0.2) is 0 Å². The molecule has 0 aromatic carbocycles. The summed E-state index contributed by atoms with van der Waals surface area (Å²) in [7, 11) is 5.40. The van der Waals surface area contributed by atoms with Crippen LogP contribution in [0.3, 0.4) is 0 Å². The van der Waals surface area contributed by atoms with Crippen molar-refractivity contribution in [2.75, 3.05) is 0 Å². The summed E-state index contributed by atoms with van der Waals surface area (Å²) in [6.07, 6.45) is 0. The van der Waals surface area contributed by atoms with E-state index in [1.807, 2.05) is 18.4 Å². The third-order valence-corrected chi connectivity index (χ3v) is 1.63. The first kappa shape index (κ1) is 4.91. The van der Waals surface area contributed by atoms with E-state index in [-0.39, 0.29) is 0 Å². The van der Waals surface area contributed by atoms with E-state index in [4.69, 9.17) is 7.85 Å². The Morgan fingerprint density at radius 1 is 1.71 bits per heavy atom. The molecule has 1 heterocycles. The van der Waals surface area contributed by atoms with E-state index in [2.05, 4.69) is 0 Å². The summed E-state index contributed by atoms with van der Waals surface area (Å²) in [5, 5.41) is 2.04. The van der Waals surface area contributed by atoms with Gasteiger partial charge in [0.1, 0.15) is 7.85 Å². The van der Waals surface area contributed by atoms with Crippen LogP contribution in [0.4, 0.5) is 0 Å². The molecule has 0 saturated carbocycles. The van der Waals surface area contributed by atoms with Gasteiger partial charge in [-0.3, -0.25) is 0 Å². The summed E-state index contributed by atoms with van der Waals surface area (Å²) in [4.78, 5) is 0. The molecule has 1 rings (SSSR count). The number of hydrogen-bond donors (Lipinski definition) is 0. The van der Waals surface area contributed by atoms with E-state index in [0.29, 0.717) is 0 Å². The normalized spacial score (nSPS) is 9.29. The van der Waals surface area contributed by atoms with E-state index < -0.39 is 0 Å². The topological polar surface area (TPSA) is 0 Å². The third kappa shape index (κ3) is 1.06. The van der Waals surface area contributed by atoms with Crippen LogP contribution in [0.25, 0.3) is 0 Å². The van der Waals surface area contributed by atoms with Crippen molar-refractivity contribution < 1.29 is 0 Å². The lowest BCUT2D eigenvalue weighted by atomic mass is 10.1. The molecule has 0 spiro atoms. The molecule has 2 radical (unpaired) electrons. The highest BCUT2D eigenvalue weighted by molar-refractivity contribution is 7.18. The van der Waals surface area contributed by atoms with Crippen LogP contribution in [0.15, 0.2) is 11.4 Å². The summed E-state index contributed by atoms with van der Waals surface area (Å²) < 4.78 is 0.900. The molecule has 0 bridgehead atoms. The standard InChI is InChI=1S/C5H5BS/c1-4-2-5(6)7-3-4/h2-3H,1H3. The van der Waals surface area contributed by atoms with Crippen molar-refractivity contribution in [2.24, 2.45) is 0 Å². The zero-order chi connectivity index (χ0) is 5.28. The van der Waals surface area contributed by atoms with Crippen LogP contribution < -0.4 is 4.78 Å². The lowest BCUT2D eigenvalue weighted by molar-refractivity contribution is 1.57. The lowest BCUT2D eigenvalue weighted by Crippen LogP contribution is -1.89. The maximum Gasteiger partial charge on any atom is 0.128 e. The Bertz CT molecular complexity index is 140. The Morgan fingerprint density at radius 3 is 2.57 bits per heavy atom. The zero-order valence-corrected chi connectivity index (χ0v) is 4.96. The van der Waals surface area contributed by atoms with Crippen molar-refractivity contribution in [3.63, 3.8) is 0 Å². The minimum absolute atomic E-state index is 0.900. The number of hydrogen-bond acceptors (Lipinski definition) is 1. The van der Waals surface area contributed by atoms with Crippen LogP contribution in [-0.4, -0.2) is 7.85 Å². The Morgan fingerprint density at radius 2 is 2.43 bits per heavy atom. The van der Waals surface area contributed by atoms with E-state index in [9.17, 15) is 0 Å². The first-order chi connectivity index (χ1) is 3.29. The van der Waals surface area contributed by atoms with Crippen LogP contribution in [0, 0.1) is 6.92 Å². The van der Waals surface area contributed by atoms with Crippen molar-refractivity contribution in [2.45, 2.75) is 6.92 Å². The SMILES string of the molecule is [B]c1cc(C)cs1. The fraction of sp³-hybridized carbons (Fsp3) is 0.200. The molecule has 0 saturated heterocycles. The molecule has 7 heavy (non-hydrogen) atoms. The number of aryl methyl sites for hydroxylation is 1. The molecule has 1 aromatic heterocycles. The molecular formula is C5H5BS. The van der Waals surface area contributed by atoms with Gasteiger partial charge in [0.25, 0.3) is 0 Å². The summed E-state index contributed by atoms with van der Waals surface area (Å²) in [5.74, 6) is 0.